The van der Waals surface area contributed by atoms with Crippen molar-refractivity contribution in [1.29, 1.82) is 0 Å². The van der Waals surface area contributed by atoms with Gasteiger partial charge in [0, 0.05) is 49.0 Å². The number of hydrogen-bond donors (Lipinski definition) is 1. The van der Waals surface area contributed by atoms with Crippen LogP contribution in [0.25, 0.3) is 22.6 Å². The molecular formula is C25H28FN5O3. The molecule has 34 heavy (non-hydrogen) atoms. The molecule has 8 nitrogen and oxygen atoms in total. The van der Waals surface area contributed by atoms with Gasteiger partial charge in [-0.25, -0.2) is 9.37 Å². The number of halogens is 1. The minimum absolute atomic E-state index is 0.0153. The molecule has 0 saturated carbocycles. The Bertz CT molecular complexity index is 1260. The lowest BCUT2D eigenvalue weighted by atomic mass is 9.73. The van der Waals surface area contributed by atoms with Gasteiger partial charge >= 0.3 is 0 Å². The number of phenols is 1. The Morgan fingerprint density at radius 1 is 1.18 bits per heavy atom. The summed E-state index contributed by atoms with van der Waals surface area (Å²) >= 11 is 0. The Morgan fingerprint density at radius 2 is 2.00 bits per heavy atom. The van der Waals surface area contributed by atoms with Crippen molar-refractivity contribution in [2.75, 3.05) is 7.05 Å². The first-order valence-corrected chi connectivity index (χ1v) is 11.5. The molecule has 2 saturated heterocycles. The molecule has 1 N–H and O–H groups in total. The SMILES string of the molecule is CN1C2CCC[C@@]1(C)[C@@H](F)[C@H](Oc1ccc(-c3ccc(-c4nccc(=O)n4C)cc3O)nn1)C2. The van der Waals surface area contributed by atoms with Crippen LogP contribution in [-0.4, -0.2) is 60.7 Å². The molecule has 2 bridgehead atoms. The maximum Gasteiger partial charge on any atom is 0.253 e. The molecule has 0 aliphatic carbocycles. The van der Waals surface area contributed by atoms with Crippen LogP contribution < -0.4 is 10.3 Å². The maximum absolute atomic E-state index is 15.4. The predicted octanol–water partition coefficient (Wildman–Crippen LogP) is 3.34. The van der Waals surface area contributed by atoms with E-state index in [4.69, 9.17) is 4.74 Å². The molecule has 178 valence electrons. The zero-order valence-electron chi connectivity index (χ0n) is 19.5. The average Bonchev–Trinajstić information content (AvgIpc) is 2.82. The van der Waals surface area contributed by atoms with E-state index in [1.807, 2.05) is 14.0 Å². The largest absolute Gasteiger partial charge is 0.507 e. The normalized spacial score (nSPS) is 26.9. The van der Waals surface area contributed by atoms with Crippen LogP contribution in [0, 0.1) is 0 Å². The number of alkyl halides is 1. The number of ether oxygens (including phenoxy) is 1. The molecule has 4 heterocycles. The third kappa shape index (κ3) is 3.73. The van der Waals surface area contributed by atoms with Crippen LogP contribution in [0.5, 0.6) is 11.6 Å². The number of nitrogens with zero attached hydrogens (tertiary/aromatic N) is 5. The Morgan fingerprint density at radius 3 is 2.74 bits per heavy atom. The first kappa shape index (κ1) is 22.5. The van der Waals surface area contributed by atoms with E-state index in [-0.39, 0.29) is 17.2 Å². The second-order valence-corrected chi connectivity index (χ2v) is 9.46. The maximum atomic E-state index is 15.4. The number of phenolic OH excluding ortho intramolecular Hbond substituents is 1. The molecule has 0 radical (unpaired) electrons. The van der Waals surface area contributed by atoms with Gasteiger partial charge in [-0.1, -0.05) is 6.07 Å². The van der Waals surface area contributed by atoms with Gasteiger partial charge in [0.1, 0.15) is 17.7 Å². The molecule has 9 heteroatoms. The van der Waals surface area contributed by atoms with Crippen LogP contribution in [0.2, 0.25) is 0 Å². The number of rotatable bonds is 4. The summed E-state index contributed by atoms with van der Waals surface area (Å²) in [6.07, 6.45) is 3.27. The third-order valence-electron chi connectivity index (χ3n) is 7.50. The van der Waals surface area contributed by atoms with Crippen molar-refractivity contribution in [2.24, 2.45) is 7.05 Å². The lowest BCUT2D eigenvalue weighted by Gasteiger charge is -2.55. The molecule has 3 aromatic rings. The van der Waals surface area contributed by atoms with Gasteiger partial charge in [-0.15, -0.1) is 10.2 Å². The van der Waals surface area contributed by atoms with E-state index in [1.54, 1.807) is 31.3 Å². The Hall–Kier alpha value is -3.33. The van der Waals surface area contributed by atoms with E-state index < -0.39 is 17.8 Å². The van der Waals surface area contributed by atoms with E-state index in [1.165, 1.54) is 22.9 Å². The fourth-order valence-electron chi connectivity index (χ4n) is 5.30. The summed E-state index contributed by atoms with van der Waals surface area (Å²) < 4.78 is 22.8. The fourth-order valence-corrected chi connectivity index (χ4v) is 5.30. The van der Waals surface area contributed by atoms with E-state index in [0.29, 0.717) is 35.1 Å². The smallest absolute Gasteiger partial charge is 0.253 e. The molecule has 1 aromatic carbocycles. The van der Waals surface area contributed by atoms with Crippen molar-refractivity contribution in [1.82, 2.24) is 24.6 Å². The van der Waals surface area contributed by atoms with E-state index in [0.717, 1.165) is 19.3 Å². The van der Waals surface area contributed by atoms with E-state index in [9.17, 15) is 9.90 Å². The minimum atomic E-state index is -1.12. The number of aromatic nitrogens is 4. The zero-order valence-corrected chi connectivity index (χ0v) is 19.5. The number of fused-ring (bicyclic) bond motifs is 2. The Balaban J connectivity index is 1.35. The monoisotopic (exact) mass is 465 g/mol. The first-order valence-electron chi connectivity index (χ1n) is 11.5. The number of hydrogen-bond acceptors (Lipinski definition) is 7. The van der Waals surface area contributed by atoms with E-state index in [2.05, 4.69) is 20.1 Å². The summed E-state index contributed by atoms with van der Waals surface area (Å²) in [5.41, 5.74) is 0.824. The third-order valence-corrected chi connectivity index (χ3v) is 7.50. The van der Waals surface area contributed by atoms with Crippen LogP contribution in [0.3, 0.4) is 0 Å². The first-order chi connectivity index (χ1) is 16.3. The average molecular weight is 466 g/mol. The standard InChI is InChI=1S/C25H28FN5O3/c1-25-11-4-5-16(31(25)3)14-20(23(25)26)34-21-9-8-18(28-29-21)17-7-6-15(13-19(17)32)24-27-12-10-22(33)30(24)2/h6-10,12-13,16,20,23,32H,4-5,11,14H2,1-3H3/t16?,20-,23+,25+/m1/s1. The van der Waals surface area contributed by atoms with Crippen LogP contribution >= 0.6 is 0 Å². The van der Waals surface area contributed by atoms with Crippen molar-refractivity contribution in [3.05, 3.63) is 52.9 Å². The fraction of sp³-hybridized carbons (Fsp3) is 0.440. The summed E-state index contributed by atoms with van der Waals surface area (Å²) in [5.74, 6) is 0.697. The molecular weight excluding hydrogens is 437 g/mol. The highest BCUT2D eigenvalue weighted by Crippen LogP contribution is 2.43. The van der Waals surface area contributed by atoms with Crippen LogP contribution in [-0.2, 0) is 7.05 Å². The topological polar surface area (TPSA) is 93.4 Å². The summed E-state index contributed by atoms with van der Waals surface area (Å²) in [7, 11) is 3.63. The molecule has 2 aromatic heterocycles. The molecule has 5 rings (SSSR count). The van der Waals surface area contributed by atoms with Crippen molar-refractivity contribution in [3.8, 4) is 34.3 Å². The second-order valence-electron chi connectivity index (χ2n) is 9.46. The molecule has 0 amide bonds. The van der Waals surface area contributed by atoms with E-state index >= 15 is 4.39 Å². The van der Waals surface area contributed by atoms with Crippen molar-refractivity contribution < 1.29 is 14.2 Å². The van der Waals surface area contributed by atoms with Crippen LogP contribution in [0.15, 0.2) is 47.4 Å². The minimum Gasteiger partial charge on any atom is -0.507 e. The lowest BCUT2D eigenvalue weighted by Crippen LogP contribution is -2.66. The Labute approximate surface area is 197 Å². The second kappa shape index (κ2) is 8.47. The number of aromatic hydroxyl groups is 1. The van der Waals surface area contributed by atoms with Gasteiger partial charge in [0.15, 0.2) is 6.17 Å². The van der Waals surface area contributed by atoms with Gasteiger partial charge in [0.05, 0.1) is 11.2 Å². The van der Waals surface area contributed by atoms with Crippen molar-refractivity contribution in [3.63, 3.8) is 0 Å². The predicted molar refractivity (Wildman–Crippen MR) is 125 cm³/mol. The lowest BCUT2D eigenvalue weighted by molar-refractivity contribution is -0.115. The summed E-state index contributed by atoms with van der Waals surface area (Å²) in [5, 5.41) is 19.0. The molecule has 1 unspecified atom stereocenters. The van der Waals surface area contributed by atoms with Gasteiger partial charge in [0.25, 0.3) is 5.56 Å². The zero-order chi connectivity index (χ0) is 24.0. The van der Waals surface area contributed by atoms with Gasteiger partial charge in [0.2, 0.25) is 5.88 Å². The van der Waals surface area contributed by atoms with Gasteiger partial charge in [-0.3, -0.25) is 14.3 Å². The van der Waals surface area contributed by atoms with Gasteiger partial charge < -0.3 is 9.84 Å². The van der Waals surface area contributed by atoms with Crippen LogP contribution in [0.4, 0.5) is 4.39 Å². The number of piperidine rings is 2. The van der Waals surface area contributed by atoms with Crippen molar-refractivity contribution >= 4 is 0 Å². The van der Waals surface area contributed by atoms with Crippen molar-refractivity contribution in [2.45, 2.75) is 56.5 Å². The highest BCUT2D eigenvalue weighted by molar-refractivity contribution is 5.72. The highest BCUT2D eigenvalue weighted by atomic mass is 19.1. The molecule has 2 aliphatic rings. The molecule has 2 fully saturated rings. The molecule has 4 atom stereocenters. The quantitative estimate of drug-likeness (QED) is 0.632. The Kier molecular flexibility index (Phi) is 5.59. The number of benzene rings is 1. The van der Waals surface area contributed by atoms with Gasteiger partial charge in [-0.05, 0) is 51.4 Å². The highest BCUT2D eigenvalue weighted by Gasteiger charge is 2.53. The summed E-state index contributed by atoms with van der Waals surface area (Å²) in [4.78, 5) is 18.3. The van der Waals surface area contributed by atoms with Gasteiger partial charge in [-0.2, -0.15) is 0 Å². The van der Waals surface area contributed by atoms with Crippen LogP contribution in [0.1, 0.15) is 32.6 Å². The summed E-state index contributed by atoms with van der Waals surface area (Å²) in [6.45, 7) is 1.98. The molecule has 0 spiro atoms. The molecule has 2 aliphatic heterocycles. The summed E-state index contributed by atoms with van der Waals surface area (Å²) in [6, 6.07) is 10.0.